The molecule has 1 aliphatic carbocycles. The highest BCUT2D eigenvalue weighted by Gasteiger charge is 2.15. The summed E-state index contributed by atoms with van der Waals surface area (Å²) in [5, 5.41) is 0. The van der Waals surface area contributed by atoms with Crippen LogP contribution in [0.25, 0.3) is 0 Å². The summed E-state index contributed by atoms with van der Waals surface area (Å²) in [6.07, 6.45) is 2.58. The second-order valence-electron chi connectivity index (χ2n) is 2.96. The van der Waals surface area contributed by atoms with Crippen molar-refractivity contribution in [3.05, 3.63) is 22.8 Å². The first kappa shape index (κ1) is 11.4. The molecule has 0 aliphatic heterocycles. The molecule has 0 atom stereocenters. The zero-order valence-electron chi connectivity index (χ0n) is 7.39. The second kappa shape index (κ2) is 4.43. The lowest BCUT2D eigenvalue weighted by atomic mass is 9.93. The van der Waals surface area contributed by atoms with Gasteiger partial charge < -0.3 is 5.73 Å². The van der Waals surface area contributed by atoms with Gasteiger partial charge in [-0.2, -0.15) is 0 Å². The average molecular weight is 188 g/mol. The summed E-state index contributed by atoms with van der Waals surface area (Å²) in [5.41, 5.74) is 8.37. The Morgan fingerprint density at radius 1 is 1.50 bits per heavy atom. The van der Waals surface area contributed by atoms with Crippen molar-refractivity contribution in [1.29, 1.82) is 0 Å². The average Bonchev–Trinajstić information content (AvgIpc) is 1.85. The first-order valence-electron chi connectivity index (χ1n) is 3.75. The van der Waals surface area contributed by atoms with E-state index in [2.05, 4.69) is 0 Å². The van der Waals surface area contributed by atoms with Crippen LogP contribution in [0, 0.1) is 0 Å². The van der Waals surface area contributed by atoms with E-state index in [0.29, 0.717) is 13.0 Å². The Kier molecular flexibility index (Phi) is 4.21. The number of carbonyl (C=O) groups is 1. The van der Waals surface area contributed by atoms with Gasteiger partial charge in [0.1, 0.15) is 0 Å². The minimum Gasteiger partial charge on any atom is -0.326 e. The number of nitrogens with two attached hydrogens (primary N) is 1. The van der Waals surface area contributed by atoms with Gasteiger partial charge in [-0.1, -0.05) is 11.6 Å². The monoisotopic (exact) mass is 187 g/mol. The molecular formula is C9H14ClNO. The van der Waals surface area contributed by atoms with Gasteiger partial charge in [-0.3, -0.25) is 4.79 Å². The van der Waals surface area contributed by atoms with Crippen LogP contribution in [0.1, 0.15) is 20.3 Å². The highest BCUT2D eigenvalue weighted by Crippen LogP contribution is 2.19. The molecule has 1 aliphatic rings. The third-order valence-electron chi connectivity index (χ3n) is 1.92. The van der Waals surface area contributed by atoms with Gasteiger partial charge in [-0.25, -0.2) is 0 Å². The maximum absolute atomic E-state index is 11.3. The first-order chi connectivity index (χ1) is 5.15. The fraction of sp³-hybridized carbons (Fsp3) is 0.444. The summed E-state index contributed by atoms with van der Waals surface area (Å²) in [7, 11) is 0. The summed E-state index contributed by atoms with van der Waals surface area (Å²) < 4.78 is 0. The fourth-order valence-electron chi connectivity index (χ4n) is 1.36. The first-order valence-corrected chi connectivity index (χ1v) is 3.75. The van der Waals surface area contributed by atoms with E-state index in [1.807, 2.05) is 19.9 Å². The molecule has 0 fully saturated rings. The number of ketones is 1. The molecule has 0 saturated heterocycles. The van der Waals surface area contributed by atoms with Crippen molar-refractivity contribution in [2.75, 3.05) is 6.54 Å². The van der Waals surface area contributed by atoms with Gasteiger partial charge in [-0.05, 0) is 19.4 Å². The molecule has 3 heteroatoms. The molecule has 68 valence electrons. The summed E-state index contributed by atoms with van der Waals surface area (Å²) >= 11 is 0. The van der Waals surface area contributed by atoms with Crippen molar-refractivity contribution < 1.29 is 4.79 Å². The molecule has 1 rings (SSSR count). The topological polar surface area (TPSA) is 43.1 Å². The zero-order valence-corrected chi connectivity index (χ0v) is 8.20. The van der Waals surface area contributed by atoms with Gasteiger partial charge in [0.05, 0.1) is 0 Å². The van der Waals surface area contributed by atoms with Crippen molar-refractivity contribution >= 4 is 18.2 Å². The Morgan fingerprint density at radius 3 is 2.50 bits per heavy atom. The Bertz CT molecular complexity index is 253. The molecule has 0 aromatic carbocycles. The highest BCUT2D eigenvalue weighted by molar-refractivity contribution is 5.99. The van der Waals surface area contributed by atoms with Crippen molar-refractivity contribution in [3.8, 4) is 0 Å². The van der Waals surface area contributed by atoms with E-state index < -0.39 is 0 Å². The molecule has 0 aromatic rings. The van der Waals surface area contributed by atoms with Crippen LogP contribution in [-0.4, -0.2) is 12.3 Å². The number of carbonyl (C=O) groups excluding carboxylic acids is 1. The standard InChI is InChI=1S/C9H13NO.ClH/c1-6-3-7(2)8(5-10)9(11)4-6;/h3H,4-5,10H2,1-2H3;1H. The third-order valence-corrected chi connectivity index (χ3v) is 1.92. The summed E-state index contributed by atoms with van der Waals surface area (Å²) in [4.78, 5) is 11.3. The van der Waals surface area contributed by atoms with Gasteiger partial charge >= 0.3 is 0 Å². The van der Waals surface area contributed by atoms with Crippen molar-refractivity contribution in [1.82, 2.24) is 0 Å². The zero-order chi connectivity index (χ0) is 8.43. The molecule has 0 spiro atoms. The van der Waals surface area contributed by atoms with Gasteiger partial charge in [0.15, 0.2) is 5.78 Å². The van der Waals surface area contributed by atoms with E-state index in [4.69, 9.17) is 5.73 Å². The number of Topliss-reactive ketones (excluding diaryl/α,β-unsaturated/α-hetero) is 1. The Labute approximate surface area is 78.9 Å². The third kappa shape index (κ3) is 2.19. The van der Waals surface area contributed by atoms with Crippen LogP contribution in [0.15, 0.2) is 22.8 Å². The molecule has 2 nitrogen and oxygen atoms in total. The smallest absolute Gasteiger partial charge is 0.164 e. The molecule has 0 amide bonds. The van der Waals surface area contributed by atoms with Gasteiger partial charge in [0.25, 0.3) is 0 Å². The number of rotatable bonds is 1. The molecule has 0 bridgehead atoms. The minimum absolute atomic E-state index is 0. The van der Waals surface area contributed by atoms with Crippen LogP contribution in [0.4, 0.5) is 0 Å². The van der Waals surface area contributed by atoms with Crippen LogP contribution >= 0.6 is 12.4 Å². The van der Waals surface area contributed by atoms with E-state index in [0.717, 1.165) is 16.7 Å². The molecule has 0 saturated carbocycles. The maximum Gasteiger partial charge on any atom is 0.164 e. The van der Waals surface area contributed by atoms with E-state index in [-0.39, 0.29) is 18.2 Å². The highest BCUT2D eigenvalue weighted by atomic mass is 35.5. The Morgan fingerprint density at radius 2 is 2.08 bits per heavy atom. The number of halogens is 1. The molecule has 0 aromatic heterocycles. The molecule has 12 heavy (non-hydrogen) atoms. The normalized spacial score (nSPS) is 17.2. The lowest BCUT2D eigenvalue weighted by molar-refractivity contribution is -0.115. The second-order valence-corrected chi connectivity index (χ2v) is 2.96. The number of allylic oxidation sites excluding steroid dienone is 3. The lowest BCUT2D eigenvalue weighted by Gasteiger charge is -2.12. The molecule has 0 heterocycles. The van der Waals surface area contributed by atoms with E-state index in [1.54, 1.807) is 0 Å². The van der Waals surface area contributed by atoms with Gasteiger partial charge in [-0.15, -0.1) is 12.4 Å². The van der Waals surface area contributed by atoms with E-state index in [1.165, 1.54) is 0 Å². The largest absolute Gasteiger partial charge is 0.326 e. The lowest BCUT2D eigenvalue weighted by Crippen LogP contribution is -2.17. The Hall–Kier alpha value is -0.600. The van der Waals surface area contributed by atoms with Crippen molar-refractivity contribution in [3.63, 3.8) is 0 Å². The SMILES string of the molecule is CC1=CC(C)=C(CN)C(=O)C1.Cl. The van der Waals surface area contributed by atoms with Crippen molar-refractivity contribution in [2.45, 2.75) is 20.3 Å². The predicted octanol–water partition coefficient (Wildman–Crippen LogP) is 1.60. The minimum atomic E-state index is 0. The van der Waals surface area contributed by atoms with Crippen LogP contribution in [0.5, 0.6) is 0 Å². The Balaban J connectivity index is 0.00000121. The van der Waals surface area contributed by atoms with Crippen molar-refractivity contribution in [2.24, 2.45) is 5.73 Å². The van der Waals surface area contributed by atoms with Gasteiger partial charge in [0.2, 0.25) is 0 Å². The molecule has 0 unspecified atom stereocenters. The number of hydrogen-bond donors (Lipinski definition) is 1. The van der Waals surface area contributed by atoms with Crippen LogP contribution in [0.2, 0.25) is 0 Å². The van der Waals surface area contributed by atoms with Crippen LogP contribution in [-0.2, 0) is 4.79 Å². The van der Waals surface area contributed by atoms with Gasteiger partial charge in [0, 0.05) is 18.5 Å². The number of hydrogen-bond acceptors (Lipinski definition) is 2. The quantitative estimate of drug-likeness (QED) is 0.678. The predicted molar refractivity (Wildman–Crippen MR) is 52.4 cm³/mol. The van der Waals surface area contributed by atoms with Crippen LogP contribution < -0.4 is 5.73 Å². The maximum atomic E-state index is 11.3. The molecule has 0 radical (unpaired) electrons. The molecule has 2 N–H and O–H groups in total. The van der Waals surface area contributed by atoms with E-state index in [9.17, 15) is 4.79 Å². The molecular weight excluding hydrogens is 174 g/mol. The summed E-state index contributed by atoms with van der Waals surface area (Å²) in [6.45, 7) is 4.27. The van der Waals surface area contributed by atoms with Crippen LogP contribution in [0.3, 0.4) is 0 Å². The van der Waals surface area contributed by atoms with E-state index >= 15 is 0 Å². The summed E-state index contributed by atoms with van der Waals surface area (Å²) in [5.74, 6) is 0.185. The fourth-order valence-corrected chi connectivity index (χ4v) is 1.36. The summed E-state index contributed by atoms with van der Waals surface area (Å²) in [6, 6.07) is 0.